The van der Waals surface area contributed by atoms with Crippen LogP contribution in [0, 0.1) is 5.41 Å². The average Bonchev–Trinajstić information content (AvgIpc) is 2.67. The van der Waals surface area contributed by atoms with Crippen LogP contribution < -0.4 is 16.4 Å². The Labute approximate surface area is 160 Å². The third kappa shape index (κ3) is 5.00. The largest absolute Gasteiger partial charge is 0.466 e. The fourth-order valence-corrected chi connectivity index (χ4v) is 3.70. The smallest absolute Gasteiger partial charge is 0.311 e. The molecule has 27 heavy (non-hydrogen) atoms. The maximum Gasteiger partial charge on any atom is 0.311 e. The lowest BCUT2D eigenvalue weighted by molar-refractivity contribution is -0.156. The van der Waals surface area contributed by atoms with Gasteiger partial charge in [-0.25, -0.2) is 4.98 Å². The van der Waals surface area contributed by atoms with Crippen LogP contribution in [0.15, 0.2) is 6.20 Å². The van der Waals surface area contributed by atoms with Gasteiger partial charge in [0.2, 0.25) is 5.95 Å². The Bertz CT molecular complexity index is 640. The first-order valence-corrected chi connectivity index (χ1v) is 9.91. The topological polar surface area (TPSA) is 111 Å². The molecule has 0 radical (unpaired) electrons. The summed E-state index contributed by atoms with van der Waals surface area (Å²) in [6.07, 6.45) is 6.88. The molecule has 0 aromatic carbocycles. The molecule has 3 rings (SSSR count). The zero-order chi connectivity index (χ0) is 19.3. The second-order valence-electron chi connectivity index (χ2n) is 7.73. The van der Waals surface area contributed by atoms with Crippen molar-refractivity contribution in [2.24, 2.45) is 5.41 Å². The normalized spacial score (nSPS) is 26.4. The van der Waals surface area contributed by atoms with E-state index in [-0.39, 0.29) is 17.4 Å². The molecule has 8 nitrogen and oxygen atoms in total. The fourth-order valence-electron chi connectivity index (χ4n) is 3.70. The molecule has 2 fully saturated rings. The minimum atomic E-state index is -0.388. The van der Waals surface area contributed by atoms with Crippen LogP contribution >= 0.6 is 0 Å². The van der Waals surface area contributed by atoms with Gasteiger partial charge in [-0.2, -0.15) is 4.98 Å². The molecule has 1 saturated carbocycles. The minimum Gasteiger partial charge on any atom is -0.466 e. The number of hydrogen-bond donors (Lipinski definition) is 3. The number of nitrogens with one attached hydrogen (secondary N) is 2. The lowest BCUT2D eigenvalue weighted by Crippen LogP contribution is -2.38. The molecule has 2 heterocycles. The molecule has 0 amide bonds. The highest BCUT2D eigenvalue weighted by Crippen LogP contribution is 2.38. The molecule has 1 aliphatic carbocycles. The number of rotatable bonds is 6. The summed E-state index contributed by atoms with van der Waals surface area (Å²) in [4.78, 5) is 21.0. The van der Waals surface area contributed by atoms with Crippen molar-refractivity contribution < 1.29 is 14.3 Å². The van der Waals surface area contributed by atoms with E-state index in [9.17, 15) is 4.79 Å². The van der Waals surface area contributed by atoms with Gasteiger partial charge in [-0.1, -0.05) is 0 Å². The minimum absolute atomic E-state index is 0.0899. The number of anilines is 3. The summed E-state index contributed by atoms with van der Waals surface area (Å²) in [6.45, 7) is 5.79. The summed E-state index contributed by atoms with van der Waals surface area (Å²) in [6, 6.07) is 0.566. The third-order valence-corrected chi connectivity index (χ3v) is 5.57. The molecule has 2 aliphatic rings. The van der Waals surface area contributed by atoms with Gasteiger partial charge in [-0.3, -0.25) is 4.79 Å². The van der Waals surface area contributed by atoms with Crippen LogP contribution in [0.4, 0.5) is 17.5 Å². The average molecular weight is 377 g/mol. The molecule has 150 valence electrons. The molecule has 1 aromatic rings. The lowest BCUT2D eigenvalue weighted by atomic mass is 9.74. The second kappa shape index (κ2) is 8.73. The standard InChI is InChI=1S/C19H31N5O3/c1-3-27-17(25)19(2)8-4-13(5-9-19)22-16-15(20)12-21-18(24-16)23-14-6-10-26-11-7-14/h12-14H,3-11,20H2,1-2H3,(H2,21,22,23,24). The van der Waals surface area contributed by atoms with Crippen LogP contribution in [0.5, 0.6) is 0 Å². The maximum absolute atomic E-state index is 12.2. The second-order valence-corrected chi connectivity index (χ2v) is 7.73. The van der Waals surface area contributed by atoms with Crippen LogP contribution in [-0.4, -0.2) is 47.8 Å². The number of carbonyl (C=O) groups excluding carboxylic acids is 1. The Morgan fingerprint density at radius 3 is 2.59 bits per heavy atom. The number of nitrogen functional groups attached to an aromatic ring is 1. The quantitative estimate of drug-likeness (QED) is 0.649. The first-order chi connectivity index (χ1) is 13.0. The predicted molar refractivity (Wildman–Crippen MR) is 105 cm³/mol. The number of carbonyl (C=O) groups is 1. The Kier molecular flexibility index (Phi) is 6.36. The highest BCUT2D eigenvalue weighted by atomic mass is 16.5. The molecule has 0 atom stereocenters. The summed E-state index contributed by atoms with van der Waals surface area (Å²) in [5, 5.41) is 6.81. The predicted octanol–water partition coefficient (Wildman–Crippen LogP) is 2.57. The first-order valence-electron chi connectivity index (χ1n) is 9.91. The highest BCUT2D eigenvalue weighted by Gasteiger charge is 2.38. The van der Waals surface area contributed by atoms with Crippen LogP contribution in [0.1, 0.15) is 52.4 Å². The molecule has 0 bridgehead atoms. The van der Waals surface area contributed by atoms with E-state index in [4.69, 9.17) is 15.2 Å². The van der Waals surface area contributed by atoms with E-state index < -0.39 is 0 Å². The van der Waals surface area contributed by atoms with Crippen molar-refractivity contribution in [1.82, 2.24) is 9.97 Å². The van der Waals surface area contributed by atoms with Crippen molar-refractivity contribution in [3.05, 3.63) is 6.20 Å². The molecule has 0 spiro atoms. The van der Waals surface area contributed by atoms with Crippen molar-refractivity contribution in [2.45, 2.75) is 64.5 Å². The summed E-state index contributed by atoms with van der Waals surface area (Å²) < 4.78 is 10.6. The molecule has 0 unspecified atom stereocenters. The zero-order valence-corrected chi connectivity index (χ0v) is 16.3. The number of nitrogens with two attached hydrogens (primary N) is 1. The molecule has 1 saturated heterocycles. The van der Waals surface area contributed by atoms with Gasteiger partial charge in [0, 0.05) is 25.3 Å². The maximum atomic E-state index is 12.2. The van der Waals surface area contributed by atoms with E-state index in [2.05, 4.69) is 20.6 Å². The van der Waals surface area contributed by atoms with Crippen molar-refractivity contribution in [3.63, 3.8) is 0 Å². The van der Waals surface area contributed by atoms with Crippen molar-refractivity contribution >= 4 is 23.4 Å². The summed E-state index contributed by atoms with van der Waals surface area (Å²) in [5.41, 5.74) is 6.22. The van der Waals surface area contributed by atoms with Gasteiger partial charge in [0.1, 0.15) is 0 Å². The third-order valence-electron chi connectivity index (χ3n) is 5.57. The monoisotopic (exact) mass is 377 g/mol. The SMILES string of the molecule is CCOC(=O)C1(C)CCC(Nc2nc(NC3CCOCC3)ncc2N)CC1. The van der Waals surface area contributed by atoms with Gasteiger partial charge in [0.05, 0.1) is 23.9 Å². The highest BCUT2D eigenvalue weighted by molar-refractivity contribution is 5.76. The van der Waals surface area contributed by atoms with Crippen molar-refractivity contribution in [3.8, 4) is 0 Å². The van der Waals surface area contributed by atoms with E-state index >= 15 is 0 Å². The Morgan fingerprint density at radius 1 is 1.26 bits per heavy atom. The van der Waals surface area contributed by atoms with Gasteiger partial charge in [0.25, 0.3) is 0 Å². The van der Waals surface area contributed by atoms with E-state index in [1.807, 2.05) is 13.8 Å². The fraction of sp³-hybridized carbons (Fsp3) is 0.737. The van der Waals surface area contributed by atoms with Crippen LogP contribution in [0.2, 0.25) is 0 Å². The lowest BCUT2D eigenvalue weighted by Gasteiger charge is -2.35. The van der Waals surface area contributed by atoms with Gasteiger partial charge < -0.3 is 25.8 Å². The Balaban J connectivity index is 1.57. The van der Waals surface area contributed by atoms with Gasteiger partial charge in [-0.15, -0.1) is 0 Å². The molecule has 8 heteroatoms. The number of hydrogen-bond acceptors (Lipinski definition) is 8. The first kappa shape index (κ1) is 19.7. The van der Waals surface area contributed by atoms with Crippen LogP contribution in [-0.2, 0) is 14.3 Å². The van der Waals surface area contributed by atoms with Crippen molar-refractivity contribution in [1.29, 1.82) is 0 Å². The number of nitrogens with zero attached hydrogens (tertiary/aromatic N) is 2. The number of ether oxygens (including phenoxy) is 2. The number of esters is 1. The van der Waals surface area contributed by atoms with E-state index in [0.717, 1.165) is 51.7 Å². The van der Waals surface area contributed by atoms with E-state index in [1.54, 1.807) is 6.20 Å². The van der Waals surface area contributed by atoms with Gasteiger partial charge in [-0.05, 0) is 52.4 Å². The summed E-state index contributed by atoms with van der Waals surface area (Å²) >= 11 is 0. The number of aromatic nitrogens is 2. The molecule has 1 aromatic heterocycles. The van der Waals surface area contributed by atoms with Crippen molar-refractivity contribution in [2.75, 3.05) is 36.2 Å². The zero-order valence-electron chi connectivity index (χ0n) is 16.3. The Morgan fingerprint density at radius 2 is 1.93 bits per heavy atom. The molecule has 1 aliphatic heterocycles. The van der Waals surface area contributed by atoms with E-state index in [0.29, 0.717) is 30.1 Å². The van der Waals surface area contributed by atoms with Gasteiger partial charge >= 0.3 is 5.97 Å². The summed E-state index contributed by atoms with van der Waals surface area (Å²) in [5.74, 6) is 1.16. The Hall–Kier alpha value is -2.09. The van der Waals surface area contributed by atoms with Crippen LogP contribution in [0.3, 0.4) is 0 Å². The van der Waals surface area contributed by atoms with Crippen LogP contribution in [0.25, 0.3) is 0 Å². The molecular weight excluding hydrogens is 346 g/mol. The van der Waals surface area contributed by atoms with E-state index in [1.165, 1.54) is 0 Å². The van der Waals surface area contributed by atoms with Gasteiger partial charge in [0.15, 0.2) is 5.82 Å². The molecule has 4 N–H and O–H groups in total. The summed E-state index contributed by atoms with van der Waals surface area (Å²) in [7, 11) is 0. The molecular formula is C19H31N5O3.